The van der Waals surface area contributed by atoms with Crippen LogP contribution in [0.5, 0.6) is 5.75 Å². The van der Waals surface area contributed by atoms with Crippen molar-refractivity contribution in [3.05, 3.63) is 77.0 Å². The van der Waals surface area contributed by atoms with Crippen LogP contribution in [-0.4, -0.2) is 42.6 Å². The van der Waals surface area contributed by atoms with Gasteiger partial charge in [-0.05, 0) is 36.1 Å². The van der Waals surface area contributed by atoms with E-state index in [0.29, 0.717) is 31.0 Å². The summed E-state index contributed by atoms with van der Waals surface area (Å²) in [6, 6.07) is 16.7. The van der Waals surface area contributed by atoms with Gasteiger partial charge in [0.2, 0.25) is 0 Å². The van der Waals surface area contributed by atoms with E-state index in [1.54, 1.807) is 4.90 Å². The molecule has 0 unspecified atom stereocenters. The second-order valence-electron chi connectivity index (χ2n) is 8.09. The Morgan fingerprint density at radius 1 is 1.06 bits per heavy atom. The molecule has 3 heterocycles. The number of urea groups is 1. The molecule has 31 heavy (non-hydrogen) atoms. The summed E-state index contributed by atoms with van der Waals surface area (Å²) in [4.78, 5) is 27.2. The lowest BCUT2D eigenvalue weighted by molar-refractivity contribution is -0.127. The van der Waals surface area contributed by atoms with Crippen molar-refractivity contribution in [3.8, 4) is 5.75 Å². The van der Waals surface area contributed by atoms with E-state index in [4.69, 9.17) is 9.47 Å². The van der Waals surface area contributed by atoms with Gasteiger partial charge in [-0.15, -0.1) is 0 Å². The summed E-state index contributed by atoms with van der Waals surface area (Å²) in [5.74, 6) is 0.687. The second-order valence-corrected chi connectivity index (χ2v) is 8.09. The number of rotatable bonds is 6. The van der Waals surface area contributed by atoms with Gasteiger partial charge in [-0.3, -0.25) is 4.79 Å². The molecule has 2 aromatic rings. The molecule has 0 bridgehead atoms. The van der Waals surface area contributed by atoms with Crippen LogP contribution in [0.2, 0.25) is 0 Å². The molecule has 1 saturated heterocycles. The van der Waals surface area contributed by atoms with Gasteiger partial charge in [-0.25, -0.2) is 4.79 Å². The van der Waals surface area contributed by atoms with E-state index in [2.05, 4.69) is 10.6 Å². The second kappa shape index (κ2) is 8.43. The largest absolute Gasteiger partial charge is 0.489 e. The first-order valence-corrected chi connectivity index (χ1v) is 10.7. The molecule has 160 valence electrons. The van der Waals surface area contributed by atoms with Crippen molar-refractivity contribution in [1.29, 1.82) is 0 Å². The average Bonchev–Trinajstić information content (AvgIpc) is 3.41. The van der Waals surface area contributed by atoms with E-state index in [9.17, 15) is 9.59 Å². The van der Waals surface area contributed by atoms with Crippen molar-refractivity contribution in [1.82, 2.24) is 15.5 Å². The molecule has 7 nitrogen and oxygen atoms in total. The smallest absolute Gasteiger partial charge is 0.319 e. The highest BCUT2D eigenvalue weighted by atomic mass is 16.5. The van der Waals surface area contributed by atoms with Crippen LogP contribution in [0.4, 0.5) is 4.79 Å². The van der Waals surface area contributed by atoms with E-state index in [0.717, 1.165) is 36.3 Å². The van der Waals surface area contributed by atoms with Gasteiger partial charge in [0, 0.05) is 13.2 Å². The van der Waals surface area contributed by atoms with Crippen molar-refractivity contribution in [2.24, 2.45) is 0 Å². The van der Waals surface area contributed by atoms with Crippen LogP contribution in [0.3, 0.4) is 0 Å². The van der Waals surface area contributed by atoms with Crippen molar-refractivity contribution in [3.63, 3.8) is 0 Å². The SMILES string of the molecule is O=C1NC2=C(C(=O)N(C[C@@H]3CCCO3)C2)[C@@H](c2ccc(OCc3ccccc3)cc2)N1. The number of hydrogen-bond acceptors (Lipinski definition) is 4. The van der Waals surface area contributed by atoms with Gasteiger partial charge < -0.3 is 25.0 Å². The van der Waals surface area contributed by atoms with Crippen LogP contribution in [0.1, 0.15) is 30.0 Å². The molecule has 5 rings (SSSR count). The molecule has 1 fully saturated rings. The van der Waals surface area contributed by atoms with Gasteiger partial charge in [0.15, 0.2) is 0 Å². The summed E-state index contributed by atoms with van der Waals surface area (Å²) >= 11 is 0. The molecule has 0 saturated carbocycles. The summed E-state index contributed by atoms with van der Waals surface area (Å²) in [7, 11) is 0. The Hall–Kier alpha value is -3.32. The van der Waals surface area contributed by atoms with Crippen LogP contribution >= 0.6 is 0 Å². The number of carbonyl (C=O) groups excluding carboxylic acids is 2. The molecular formula is C24H25N3O4. The maximum absolute atomic E-state index is 13.1. The number of hydrogen-bond donors (Lipinski definition) is 2. The maximum atomic E-state index is 13.1. The van der Waals surface area contributed by atoms with Gasteiger partial charge >= 0.3 is 6.03 Å². The molecule has 3 aliphatic heterocycles. The van der Waals surface area contributed by atoms with Gasteiger partial charge in [0.05, 0.1) is 30.0 Å². The molecule has 0 aromatic heterocycles. The van der Waals surface area contributed by atoms with Crippen molar-refractivity contribution < 1.29 is 19.1 Å². The molecule has 0 aliphatic carbocycles. The van der Waals surface area contributed by atoms with Gasteiger partial charge in [-0.1, -0.05) is 42.5 Å². The number of benzene rings is 2. The predicted molar refractivity (Wildman–Crippen MR) is 114 cm³/mol. The lowest BCUT2D eigenvalue weighted by Gasteiger charge is -2.26. The summed E-state index contributed by atoms with van der Waals surface area (Å²) in [6.45, 7) is 2.20. The highest BCUT2D eigenvalue weighted by molar-refractivity contribution is 6.01. The topological polar surface area (TPSA) is 79.9 Å². The zero-order valence-electron chi connectivity index (χ0n) is 17.2. The summed E-state index contributed by atoms with van der Waals surface area (Å²) in [6.07, 6.45) is 2.07. The lowest BCUT2D eigenvalue weighted by Crippen LogP contribution is -2.44. The van der Waals surface area contributed by atoms with E-state index < -0.39 is 6.04 Å². The standard InChI is InChI=1S/C24H25N3O4/c28-23-21-20(14-27(23)13-19-7-4-12-30-19)25-24(29)26-22(21)17-8-10-18(11-9-17)31-15-16-5-2-1-3-6-16/h1-3,5-6,8-11,19,22H,4,7,12-15H2,(H2,25,26,29)/t19-,22+/m0/s1. The Labute approximate surface area is 181 Å². The minimum atomic E-state index is -0.478. The molecule has 3 aliphatic rings. The molecule has 2 atom stereocenters. The van der Waals surface area contributed by atoms with Crippen LogP contribution in [0.15, 0.2) is 65.9 Å². The van der Waals surface area contributed by atoms with Crippen LogP contribution in [0, 0.1) is 0 Å². The number of nitrogens with one attached hydrogen (secondary N) is 2. The van der Waals surface area contributed by atoms with Crippen molar-refractivity contribution in [2.45, 2.75) is 31.6 Å². The third kappa shape index (κ3) is 4.14. The van der Waals surface area contributed by atoms with Crippen LogP contribution in [-0.2, 0) is 16.1 Å². The molecule has 0 radical (unpaired) electrons. The number of ether oxygens (including phenoxy) is 2. The fraction of sp³-hybridized carbons (Fsp3) is 0.333. The van der Waals surface area contributed by atoms with Crippen molar-refractivity contribution >= 4 is 11.9 Å². The maximum Gasteiger partial charge on any atom is 0.319 e. The number of nitrogens with zero attached hydrogens (tertiary/aromatic N) is 1. The highest BCUT2D eigenvalue weighted by Crippen LogP contribution is 2.33. The predicted octanol–water partition coefficient (Wildman–Crippen LogP) is 2.89. The van der Waals surface area contributed by atoms with E-state index >= 15 is 0 Å². The van der Waals surface area contributed by atoms with E-state index in [-0.39, 0.29) is 18.0 Å². The molecule has 2 N–H and O–H groups in total. The third-order valence-electron chi connectivity index (χ3n) is 5.93. The fourth-order valence-corrected chi connectivity index (χ4v) is 4.36. The fourth-order valence-electron chi connectivity index (χ4n) is 4.36. The summed E-state index contributed by atoms with van der Waals surface area (Å²) in [5.41, 5.74) is 3.23. The Kier molecular flexibility index (Phi) is 5.34. The average molecular weight is 419 g/mol. The first-order valence-electron chi connectivity index (χ1n) is 10.7. The van der Waals surface area contributed by atoms with E-state index in [1.807, 2.05) is 54.6 Å². The minimum absolute atomic E-state index is 0.0487. The minimum Gasteiger partial charge on any atom is -0.489 e. The molecule has 0 spiro atoms. The Bertz CT molecular complexity index is 997. The normalized spacial score (nSPS) is 22.9. The third-order valence-corrected chi connectivity index (χ3v) is 5.93. The van der Waals surface area contributed by atoms with E-state index in [1.165, 1.54) is 0 Å². The Morgan fingerprint density at radius 2 is 1.87 bits per heavy atom. The number of amides is 3. The number of carbonyl (C=O) groups is 2. The zero-order chi connectivity index (χ0) is 21.2. The molecule has 2 aromatic carbocycles. The quantitative estimate of drug-likeness (QED) is 0.755. The van der Waals surface area contributed by atoms with Crippen LogP contribution < -0.4 is 15.4 Å². The first kappa shape index (κ1) is 19.6. The van der Waals surface area contributed by atoms with Crippen LogP contribution in [0.25, 0.3) is 0 Å². The molecular weight excluding hydrogens is 394 g/mol. The Morgan fingerprint density at radius 3 is 2.61 bits per heavy atom. The Balaban J connectivity index is 1.30. The molecule has 3 amide bonds. The molecule has 7 heteroatoms. The van der Waals surface area contributed by atoms with Gasteiger partial charge in [0.1, 0.15) is 12.4 Å². The summed E-state index contributed by atoms with van der Waals surface area (Å²) in [5, 5.41) is 5.71. The highest BCUT2D eigenvalue weighted by Gasteiger charge is 2.41. The lowest BCUT2D eigenvalue weighted by atomic mass is 9.96. The zero-order valence-corrected chi connectivity index (χ0v) is 17.2. The van der Waals surface area contributed by atoms with Gasteiger partial charge in [-0.2, -0.15) is 0 Å². The van der Waals surface area contributed by atoms with Gasteiger partial charge in [0.25, 0.3) is 5.91 Å². The monoisotopic (exact) mass is 419 g/mol. The first-order chi connectivity index (χ1) is 15.2. The van der Waals surface area contributed by atoms with Crippen molar-refractivity contribution in [2.75, 3.05) is 19.7 Å². The summed E-state index contributed by atoms with van der Waals surface area (Å²) < 4.78 is 11.5.